The van der Waals surface area contributed by atoms with Crippen molar-refractivity contribution in [1.29, 1.82) is 0 Å². The van der Waals surface area contributed by atoms with Gasteiger partial charge in [0.25, 0.3) is 0 Å². The molecule has 2 fully saturated rings. The van der Waals surface area contributed by atoms with Crippen LogP contribution in [0.15, 0.2) is 30.3 Å². The minimum absolute atomic E-state index is 0.000843. The molecule has 6 atom stereocenters. The van der Waals surface area contributed by atoms with Gasteiger partial charge in [-0.15, -0.1) is 0 Å². The first-order valence-electron chi connectivity index (χ1n) is 15.7. The maximum atomic E-state index is 14.6. The van der Waals surface area contributed by atoms with Crippen molar-refractivity contribution in [1.82, 2.24) is 0 Å². The Kier molecular flexibility index (Phi) is 7.89. The van der Waals surface area contributed by atoms with E-state index in [1.807, 2.05) is 13.8 Å². The molecule has 0 aromatic heterocycles. The number of aromatic hydroxyl groups is 1. The maximum Gasteiger partial charge on any atom is 0.190 e. The molecule has 0 heterocycles. The van der Waals surface area contributed by atoms with E-state index in [1.54, 1.807) is 58.0 Å². The molecule has 0 saturated heterocycles. The average Bonchev–Trinajstić information content (AvgIpc) is 2.94. The molecule has 2 aromatic rings. The summed E-state index contributed by atoms with van der Waals surface area (Å²) in [4.78, 5) is 80.9. The Hall–Kier alpha value is -4.22. The topological polar surface area (TPSA) is 143 Å². The van der Waals surface area contributed by atoms with Crippen LogP contribution in [0.3, 0.4) is 0 Å². The molecule has 0 bridgehead atoms. The predicted octanol–water partition coefficient (Wildman–Crippen LogP) is 4.82. The quantitative estimate of drug-likeness (QED) is 0.280. The van der Waals surface area contributed by atoms with Crippen LogP contribution < -0.4 is 0 Å². The molecular formula is C38H40O8. The number of rotatable bonds is 4. The van der Waals surface area contributed by atoms with Crippen molar-refractivity contribution in [3.8, 4) is 17.6 Å². The van der Waals surface area contributed by atoms with E-state index in [0.717, 1.165) is 12.5 Å². The largest absolute Gasteiger partial charge is 0.506 e. The lowest BCUT2D eigenvalue weighted by atomic mass is 9.39. The highest BCUT2D eigenvalue weighted by Gasteiger charge is 2.76. The fourth-order valence-electron chi connectivity index (χ4n) is 8.77. The van der Waals surface area contributed by atoms with Crippen LogP contribution in [0, 0.1) is 46.3 Å². The highest BCUT2D eigenvalue weighted by Crippen LogP contribution is 2.64. The summed E-state index contributed by atoms with van der Waals surface area (Å²) in [6.45, 7) is 13.3. The van der Waals surface area contributed by atoms with E-state index >= 15 is 0 Å². The summed E-state index contributed by atoms with van der Waals surface area (Å²) in [6.07, 6.45) is 0.180. The lowest BCUT2D eigenvalue weighted by Gasteiger charge is -2.62. The minimum atomic E-state index is -2.75. The standard InChI is InChI=1S/C38H40O8/c1-18(2)25-15-24(14-11-22-9-12-23(13-10-22)20(5)39)31(41)28-26(25)16-36(7)17-37(8)29(19(3)4)32(42)27(21(6)40)34(44)38(37,46)35(45)30(36)33(28)43/h9-10,12-13,15,18-19,27,29-30,41,46H,16-17H2,1-8H3/t27?,29?,30?,36-,37-,38+/m1/s1. The minimum Gasteiger partial charge on any atom is -0.506 e. The number of benzene rings is 2. The zero-order valence-electron chi connectivity index (χ0n) is 27.5. The summed E-state index contributed by atoms with van der Waals surface area (Å²) in [7, 11) is 0. The summed E-state index contributed by atoms with van der Waals surface area (Å²) in [5, 5.41) is 23.8. The average molecular weight is 625 g/mol. The van der Waals surface area contributed by atoms with Crippen molar-refractivity contribution in [2.24, 2.45) is 34.5 Å². The predicted molar refractivity (Wildman–Crippen MR) is 169 cm³/mol. The number of Topliss-reactive ketones (excluding diaryl/α,β-unsaturated/α-hetero) is 6. The maximum absolute atomic E-state index is 14.6. The number of phenols is 1. The molecule has 0 aliphatic heterocycles. The third-order valence-electron chi connectivity index (χ3n) is 10.7. The molecule has 2 aromatic carbocycles. The Morgan fingerprint density at radius 2 is 1.54 bits per heavy atom. The normalized spacial score (nSPS) is 30.4. The molecular weight excluding hydrogens is 584 g/mol. The number of aliphatic hydroxyl groups is 1. The van der Waals surface area contributed by atoms with E-state index < -0.39 is 69.0 Å². The van der Waals surface area contributed by atoms with Gasteiger partial charge in [-0.3, -0.25) is 28.8 Å². The number of phenolic OH excluding ortho intramolecular Hbond substituents is 1. The van der Waals surface area contributed by atoms with Crippen molar-refractivity contribution in [3.63, 3.8) is 0 Å². The molecule has 0 spiro atoms. The second-order valence-corrected chi connectivity index (χ2v) is 14.6. The molecule has 3 aliphatic carbocycles. The fraction of sp³-hybridized carbons (Fsp3) is 0.474. The van der Waals surface area contributed by atoms with Gasteiger partial charge in [-0.1, -0.05) is 65.5 Å². The SMILES string of the molecule is CC(=O)c1ccc(C#Cc2cc(C(C)C)c3c(c2O)C(=O)C2C(=O)[C@@]4(O)C(=O)C(C(C)=O)C(=O)C(C(C)C)[C@@]4(C)C[C@@]2(C)C3)cc1. The van der Waals surface area contributed by atoms with Gasteiger partial charge in [0.15, 0.2) is 34.5 Å². The van der Waals surface area contributed by atoms with E-state index in [4.69, 9.17) is 0 Å². The molecule has 8 heteroatoms. The van der Waals surface area contributed by atoms with Gasteiger partial charge < -0.3 is 10.2 Å². The van der Waals surface area contributed by atoms with E-state index in [0.29, 0.717) is 16.7 Å². The van der Waals surface area contributed by atoms with Crippen LogP contribution in [0.2, 0.25) is 0 Å². The first-order valence-corrected chi connectivity index (χ1v) is 15.7. The van der Waals surface area contributed by atoms with Gasteiger partial charge in [0, 0.05) is 22.5 Å². The van der Waals surface area contributed by atoms with Crippen LogP contribution in [0.1, 0.15) is 111 Å². The molecule has 5 rings (SSSR count). The molecule has 2 N–H and O–H groups in total. The molecule has 240 valence electrons. The lowest BCUT2D eigenvalue weighted by molar-refractivity contribution is -0.205. The second-order valence-electron chi connectivity index (χ2n) is 14.6. The summed E-state index contributed by atoms with van der Waals surface area (Å²) in [6, 6.07) is 8.41. The van der Waals surface area contributed by atoms with Crippen molar-refractivity contribution < 1.29 is 39.0 Å². The Morgan fingerprint density at radius 3 is 2.07 bits per heavy atom. The summed E-state index contributed by atoms with van der Waals surface area (Å²) >= 11 is 0. The molecule has 3 unspecified atom stereocenters. The summed E-state index contributed by atoms with van der Waals surface area (Å²) < 4.78 is 0. The first kappa shape index (κ1) is 33.2. The Labute approximate surface area is 269 Å². The summed E-state index contributed by atoms with van der Waals surface area (Å²) in [5.41, 5.74) is -2.83. The van der Waals surface area contributed by atoms with E-state index in [1.165, 1.54) is 6.92 Å². The summed E-state index contributed by atoms with van der Waals surface area (Å²) in [5.74, 6) is -3.61. The van der Waals surface area contributed by atoms with Crippen molar-refractivity contribution in [2.75, 3.05) is 0 Å². The Balaban J connectivity index is 1.69. The number of ketones is 6. The van der Waals surface area contributed by atoms with Crippen LogP contribution in [0.25, 0.3) is 0 Å². The van der Waals surface area contributed by atoms with Gasteiger partial charge >= 0.3 is 0 Å². The number of fused-ring (bicyclic) bond motifs is 3. The Bertz CT molecular complexity index is 1800. The molecule has 2 saturated carbocycles. The number of carbonyl (C=O) groups excluding carboxylic acids is 6. The highest BCUT2D eigenvalue weighted by molar-refractivity contribution is 6.32. The van der Waals surface area contributed by atoms with Crippen molar-refractivity contribution in [3.05, 3.63) is 63.7 Å². The van der Waals surface area contributed by atoms with E-state index in [2.05, 4.69) is 11.8 Å². The number of hydrogen-bond acceptors (Lipinski definition) is 8. The van der Waals surface area contributed by atoms with Crippen LogP contribution in [0.4, 0.5) is 0 Å². The van der Waals surface area contributed by atoms with Crippen molar-refractivity contribution in [2.45, 2.75) is 79.8 Å². The van der Waals surface area contributed by atoms with Gasteiger partial charge in [-0.05, 0) is 73.3 Å². The molecule has 0 amide bonds. The van der Waals surface area contributed by atoms with Gasteiger partial charge in [0.2, 0.25) is 0 Å². The zero-order valence-corrected chi connectivity index (χ0v) is 27.5. The van der Waals surface area contributed by atoms with Gasteiger partial charge in [-0.2, -0.15) is 0 Å². The molecule has 3 aliphatic rings. The van der Waals surface area contributed by atoms with E-state index in [9.17, 15) is 39.0 Å². The molecule has 46 heavy (non-hydrogen) atoms. The van der Waals surface area contributed by atoms with Crippen LogP contribution in [-0.2, 0) is 25.6 Å². The van der Waals surface area contributed by atoms with Crippen LogP contribution in [0.5, 0.6) is 5.75 Å². The first-order chi connectivity index (χ1) is 21.3. The molecule has 0 radical (unpaired) electrons. The van der Waals surface area contributed by atoms with Gasteiger partial charge in [0.05, 0.1) is 17.0 Å². The van der Waals surface area contributed by atoms with E-state index in [-0.39, 0.29) is 41.4 Å². The van der Waals surface area contributed by atoms with Crippen LogP contribution in [-0.4, -0.2) is 50.5 Å². The third kappa shape index (κ3) is 4.54. The fourth-order valence-corrected chi connectivity index (χ4v) is 8.77. The molecule has 8 nitrogen and oxygen atoms in total. The van der Waals surface area contributed by atoms with Crippen molar-refractivity contribution >= 4 is 34.7 Å². The zero-order chi connectivity index (χ0) is 34.3. The smallest absolute Gasteiger partial charge is 0.190 e. The van der Waals surface area contributed by atoms with Gasteiger partial charge in [-0.25, -0.2) is 0 Å². The second kappa shape index (κ2) is 10.9. The number of carbonyl (C=O) groups is 6. The van der Waals surface area contributed by atoms with Crippen LogP contribution >= 0.6 is 0 Å². The van der Waals surface area contributed by atoms with Gasteiger partial charge in [0.1, 0.15) is 17.5 Å². The highest BCUT2D eigenvalue weighted by atomic mass is 16.3. The Morgan fingerprint density at radius 1 is 0.935 bits per heavy atom. The monoisotopic (exact) mass is 624 g/mol. The lowest BCUT2D eigenvalue weighted by Crippen LogP contribution is -2.76. The third-order valence-corrected chi connectivity index (χ3v) is 10.7. The number of hydrogen-bond donors (Lipinski definition) is 2.